The van der Waals surface area contributed by atoms with Crippen LogP contribution in [-0.2, 0) is 11.2 Å². The predicted molar refractivity (Wildman–Crippen MR) is 154 cm³/mol. The van der Waals surface area contributed by atoms with E-state index in [1.165, 1.54) is 27.8 Å². The van der Waals surface area contributed by atoms with Crippen molar-refractivity contribution in [1.29, 1.82) is 0 Å². The minimum atomic E-state index is -0.652. The first-order valence-corrected chi connectivity index (χ1v) is 14.2. The highest BCUT2D eigenvalue weighted by Gasteiger charge is 2.63. The molecule has 37 heavy (non-hydrogen) atoms. The predicted octanol–water partition coefficient (Wildman–Crippen LogP) is 8.79. The number of hydrogen-bond acceptors (Lipinski definition) is 2. The average Bonchev–Trinajstić information content (AvgIpc) is 2.75. The van der Waals surface area contributed by atoms with Gasteiger partial charge in [0.1, 0.15) is 0 Å². The summed E-state index contributed by atoms with van der Waals surface area (Å²) in [6.45, 7) is 21.8. The zero-order chi connectivity index (χ0) is 27.2. The Kier molecular flexibility index (Phi) is 5.83. The molecule has 0 N–H and O–H groups in total. The number of rotatable bonds is 2. The maximum atomic E-state index is 14.5. The number of allylic oxidation sites excluding steroid dienone is 8. The molecule has 0 aromatic heterocycles. The minimum Gasteiger partial charge on any atom is -0.294 e. The first-order chi connectivity index (χ1) is 17.1. The molecule has 0 heterocycles. The number of ketones is 2. The van der Waals surface area contributed by atoms with E-state index in [0.717, 1.165) is 53.5 Å². The van der Waals surface area contributed by atoms with Gasteiger partial charge in [0.25, 0.3) is 0 Å². The number of hydrogen-bond donors (Lipinski definition) is 0. The van der Waals surface area contributed by atoms with Crippen molar-refractivity contribution in [2.75, 3.05) is 0 Å². The Morgan fingerprint density at radius 2 is 1.65 bits per heavy atom. The zero-order valence-corrected chi connectivity index (χ0v) is 24.6. The summed E-state index contributed by atoms with van der Waals surface area (Å²) < 4.78 is 0. The van der Waals surface area contributed by atoms with Crippen LogP contribution in [0.15, 0.2) is 52.2 Å². The van der Waals surface area contributed by atoms with Gasteiger partial charge in [0, 0.05) is 16.6 Å². The zero-order valence-electron chi connectivity index (χ0n) is 24.6. The number of fused-ring (bicyclic) bond motifs is 3. The Morgan fingerprint density at radius 3 is 2.27 bits per heavy atom. The van der Waals surface area contributed by atoms with E-state index in [0.29, 0.717) is 5.92 Å². The van der Waals surface area contributed by atoms with Crippen LogP contribution in [0, 0.1) is 35.0 Å². The lowest BCUT2D eigenvalue weighted by Crippen LogP contribution is -2.57. The second kappa shape index (κ2) is 8.26. The fourth-order valence-corrected chi connectivity index (χ4v) is 8.92. The Balaban J connectivity index is 1.75. The summed E-state index contributed by atoms with van der Waals surface area (Å²) in [6.07, 6.45) is 8.39. The molecule has 1 aromatic rings. The summed E-state index contributed by atoms with van der Waals surface area (Å²) in [6, 6.07) is 4.36. The summed E-state index contributed by atoms with van der Waals surface area (Å²) in [5.74, 6) is 1.08. The molecule has 4 unspecified atom stereocenters. The highest BCUT2D eigenvalue weighted by Crippen LogP contribution is 2.66. The van der Waals surface area contributed by atoms with Gasteiger partial charge in [-0.1, -0.05) is 75.6 Å². The molecule has 0 fully saturated rings. The van der Waals surface area contributed by atoms with Gasteiger partial charge >= 0.3 is 0 Å². The molecule has 0 saturated heterocycles. The van der Waals surface area contributed by atoms with Gasteiger partial charge in [0.15, 0.2) is 11.6 Å². The quantitative estimate of drug-likeness (QED) is 0.410. The van der Waals surface area contributed by atoms with E-state index in [1.807, 2.05) is 0 Å². The van der Waals surface area contributed by atoms with E-state index in [2.05, 4.69) is 93.5 Å². The Bertz CT molecular complexity index is 1380. The van der Waals surface area contributed by atoms with Crippen LogP contribution in [0.4, 0.5) is 0 Å². The highest BCUT2D eigenvalue weighted by atomic mass is 16.1. The summed E-state index contributed by atoms with van der Waals surface area (Å²) in [5.41, 5.74) is 9.98. The van der Waals surface area contributed by atoms with Gasteiger partial charge in [-0.25, -0.2) is 0 Å². The molecule has 4 atom stereocenters. The average molecular weight is 497 g/mol. The third kappa shape index (κ3) is 3.50. The van der Waals surface area contributed by atoms with E-state index in [-0.39, 0.29) is 28.3 Å². The Labute approximate surface area is 224 Å². The molecule has 4 aliphatic rings. The van der Waals surface area contributed by atoms with Crippen molar-refractivity contribution in [3.05, 3.63) is 74.4 Å². The summed E-state index contributed by atoms with van der Waals surface area (Å²) in [4.78, 5) is 28.8. The van der Waals surface area contributed by atoms with Crippen molar-refractivity contribution in [2.24, 2.45) is 28.1 Å². The van der Waals surface area contributed by atoms with Gasteiger partial charge in [-0.2, -0.15) is 0 Å². The van der Waals surface area contributed by atoms with Crippen LogP contribution in [-0.4, -0.2) is 11.6 Å². The topological polar surface area (TPSA) is 34.1 Å². The first-order valence-electron chi connectivity index (χ1n) is 14.2. The molecule has 2 heteroatoms. The molecule has 1 aromatic carbocycles. The van der Waals surface area contributed by atoms with Gasteiger partial charge in [0.05, 0.1) is 5.41 Å². The monoisotopic (exact) mass is 496 g/mol. The smallest absolute Gasteiger partial charge is 0.190 e. The fraction of sp³-hybridized carbons (Fsp3) is 0.543. The molecule has 0 amide bonds. The second-order valence-corrected chi connectivity index (χ2v) is 13.9. The van der Waals surface area contributed by atoms with E-state index in [9.17, 15) is 9.59 Å². The van der Waals surface area contributed by atoms with Crippen molar-refractivity contribution >= 4 is 17.1 Å². The summed E-state index contributed by atoms with van der Waals surface area (Å²) in [5, 5.41) is 0. The number of carbonyl (C=O) groups is 2. The fourth-order valence-electron chi connectivity index (χ4n) is 8.92. The van der Waals surface area contributed by atoms with Crippen LogP contribution in [0.3, 0.4) is 0 Å². The van der Waals surface area contributed by atoms with Crippen LogP contribution < -0.4 is 0 Å². The van der Waals surface area contributed by atoms with Crippen LogP contribution in [0.25, 0.3) is 5.57 Å². The normalized spacial score (nSPS) is 33.8. The molecule has 196 valence electrons. The molecular weight excluding hydrogens is 452 g/mol. The third-order valence-corrected chi connectivity index (χ3v) is 10.5. The lowest BCUT2D eigenvalue weighted by Gasteiger charge is -2.59. The first kappa shape index (κ1) is 26.1. The lowest BCUT2D eigenvalue weighted by atomic mass is 9.42. The summed E-state index contributed by atoms with van der Waals surface area (Å²) >= 11 is 0. The van der Waals surface area contributed by atoms with E-state index >= 15 is 0 Å². The Hall–Kier alpha value is -2.48. The number of benzene rings is 1. The molecule has 0 aliphatic heterocycles. The minimum absolute atomic E-state index is 0.152. The SMILES string of the molecule is CC1=CC(c2ccc(C)c3c2CC2(C)CC4(C)CC(C)=C(C(C)C)C(=O)C4(C)C(C)=C2C3=O)=CC(C)C1. The molecule has 2 nitrogen and oxygen atoms in total. The van der Waals surface area contributed by atoms with E-state index in [4.69, 9.17) is 0 Å². The van der Waals surface area contributed by atoms with Crippen LogP contribution in [0.1, 0.15) is 109 Å². The standard InChI is InChI=1S/C35H44O2/c1-19(2)28-23(6)16-34(9)18-33(8)17-27-26(25-14-20(3)13-21(4)15-25)12-11-22(5)29(27)31(36)30(33)24(7)35(34,10)32(28)37/h11-12,14-15,19-20H,13,16-18H2,1-10H3. The number of Topliss-reactive ketones (excluding diaryl/α,β-unsaturated/α-hetero) is 2. The van der Waals surface area contributed by atoms with Crippen molar-refractivity contribution in [3.63, 3.8) is 0 Å². The molecule has 4 aliphatic carbocycles. The second-order valence-electron chi connectivity index (χ2n) is 13.9. The molecule has 0 saturated carbocycles. The summed E-state index contributed by atoms with van der Waals surface area (Å²) in [7, 11) is 0. The van der Waals surface area contributed by atoms with Crippen LogP contribution in [0.5, 0.6) is 0 Å². The highest BCUT2D eigenvalue weighted by molar-refractivity contribution is 6.15. The third-order valence-electron chi connectivity index (χ3n) is 10.5. The maximum absolute atomic E-state index is 14.5. The van der Waals surface area contributed by atoms with Gasteiger partial charge in [-0.05, 0) is 105 Å². The van der Waals surface area contributed by atoms with Crippen molar-refractivity contribution in [3.8, 4) is 0 Å². The Morgan fingerprint density at radius 1 is 0.973 bits per heavy atom. The van der Waals surface area contributed by atoms with Gasteiger partial charge in [-0.15, -0.1) is 0 Å². The van der Waals surface area contributed by atoms with Gasteiger partial charge < -0.3 is 0 Å². The molecule has 0 bridgehead atoms. The van der Waals surface area contributed by atoms with Crippen molar-refractivity contribution < 1.29 is 9.59 Å². The van der Waals surface area contributed by atoms with Crippen LogP contribution in [0.2, 0.25) is 0 Å². The molecular formula is C35H44O2. The molecule has 5 rings (SSSR count). The van der Waals surface area contributed by atoms with Crippen molar-refractivity contribution in [2.45, 2.75) is 94.9 Å². The largest absolute Gasteiger partial charge is 0.294 e. The number of aryl methyl sites for hydroxylation is 1. The van der Waals surface area contributed by atoms with Gasteiger partial charge in [0.2, 0.25) is 0 Å². The van der Waals surface area contributed by atoms with Gasteiger partial charge in [-0.3, -0.25) is 9.59 Å². The number of carbonyl (C=O) groups excluding carboxylic acids is 2. The molecule has 0 radical (unpaired) electrons. The lowest BCUT2D eigenvalue weighted by molar-refractivity contribution is -0.133. The van der Waals surface area contributed by atoms with Crippen molar-refractivity contribution in [1.82, 2.24) is 0 Å². The maximum Gasteiger partial charge on any atom is 0.190 e. The molecule has 0 spiro atoms. The van der Waals surface area contributed by atoms with Crippen LogP contribution >= 0.6 is 0 Å². The van der Waals surface area contributed by atoms with E-state index < -0.39 is 5.41 Å². The van der Waals surface area contributed by atoms with E-state index in [1.54, 1.807) is 0 Å².